The molecular formula is C14H14N2O4S. The Morgan fingerprint density at radius 2 is 1.90 bits per heavy atom. The number of carbonyl (C=O) groups is 1. The molecule has 0 saturated carbocycles. The summed E-state index contributed by atoms with van der Waals surface area (Å²) in [5.41, 5.74) is 1.25. The van der Waals surface area contributed by atoms with Gasteiger partial charge in [-0.3, -0.25) is 14.1 Å². The Morgan fingerprint density at radius 1 is 1.24 bits per heavy atom. The number of nitrogens with zero attached hydrogens (tertiary/aromatic N) is 2. The summed E-state index contributed by atoms with van der Waals surface area (Å²) >= 11 is 0. The number of hydrogen-bond acceptors (Lipinski definition) is 4. The zero-order chi connectivity index (χ0) is 15.5. The molecule has 0 fully saturated rings. The first-order valence-electron chi connectivity index (χ1n) is 6.12. The van der Waals surface area contributed by atoms with E-state index >= 15 is 0 Å². The van der Waals surface area contributed by atoms with Crippen molar-refractivity contribution in [2.45, 2.75) is 11.8 Å². The van der Waals surface area contributed by atoms with Crippen molar-refractivity contribution in [2.75, 3.05) is 10.8 Å². The maximum atomic E-state index is 12.6. The van der Waals surface area contributed by atoms with Crippen molar-refractivity contribution < 1.29 is 18.3 Å². The van der Waals surface area contributed by atoms with Crippen molar-refractivity contribution in [3.05, 3.63) is 54.4 Å². The molecule has 0 bridgehead atoms. The van der Waals surface area contributed by atoms with Crippen LogP contribution in [0.4, 0.5) is 5.69 Å². The van der Waals surface area contributed by atoms with Gasteiger partial charge in [-0.05, 0) is 31.2 Å². The SMILES string of the molecule is Cc1ccc(N(CC(=O)O)S(=O)(=O)c2cccnc2)cc1. The summed E-state index contributed by atoms with van der Waals surface area (Å²) in [7, 11) is -3.97. The molecule has 0 aliphatic carbocycles. The fourth-order valence-corrected chi connectivity index (χ4v) is 3.15. The molecule has 2 rings (SSSR count). The van der Waals surface area contributed by atoms with Crippen molar-refractivity contribution in [3.8, 4) is 0 Å². The lowest BCUT2D eigenvalue weighted by molar-refractivity contribution is -0.135. The van der Waals surface area contributed by atoms with Gasteiger partial charge in [0.25, 0.3) is 10.0 Å². The highest BCUT2D eigenvalue weighted by atomic mass is 32.2. The summed E-state index contributed by atoms with van der Waals surface area (Å²) in [4.78, 5) is 14.7. The summed E-state index contributed by atoms with van der Waals surface area (Å²) in [6.07, 6.45) is 2.64. The maximum absolute atomic E-state index is 12.6. The molecule has 1 N–H and O–H groups in total. The molecule has 0 aliphatic heterocycles. The summed E-state index contributed by atoms with van der Waals surface area (Å²) in [5, 5.41) is 8.99. The molecule has 110 valence electrons. The maximum Gasteiger partial charge on any atom is 0.324 e. The zero-order valence-electron chi connectivity index (χ0n) is 11.3. The number of anilines is 1. The Balaban J connectivity index is 2.50. The monoisotopic (exact) mass is 306 g/mol. The number of aromatic nitrogens is 1. The van der Waals surface area contributed by atoms with Gasteiger partial charge in [0.15, 0.2) is 0 Å². The van der Waals surface area contributed by atoms with Crippen LogP contribution in [0.5, 0.6) is 0 Å². The van der Waals surface area contributed by atoms with Crippen LogP contribution < -0.4 is 4.31 Å². The second kappa shape index (κ2) is 5.92. The largest absolute Gasteiger partial charge is 0.480 e. The van der Waals surface area contributed by atoms with Crippen LogP contribution in [0, 0.1) is 6.92 Å². The third kappa shape index (κ3) is 3.38. The van der Waals surface area contributed by atoms with E-state index in [0.717, 1.165) is 9.87 Å². The molecule has 0 atom stereocenters. The molecule has 0 saturated heterocycles. The van der Waals surface area contributed by atoms with E-state index in [4.69, 9.17) is 5.11 Å². The van der Waals surface area contributed by atoms with Crippen molar-refractivity contribution in [1.82, 2.24) is 4.98 Å². The van der Waals surface area contributed by atoms with E-state index < -0.39 is 22.5 Å². The first kappa shape index (κ1) is 15.0. The number of aryl methyl sites for hydroxylation is 1. The number of pyridine rings is 1. The van der Waals surface area contributed by atoms with E-state index in [0.29, 0.717) is 5.69 Å². The Hall–Kier alpha value is -2.41. The van der Waals surface area contributed by atoms with Gasteiger partial charge in [0.1, 0.15) is 11.4 Å². The number of carboxylic acid groups (broad SMARTS) is 1. The fraction of sp³-hybridized carbons (Fsp3) is 0.143. The van der Waals surface area contributed by atoms with E-state index in [9.17, 15) is 13.2 Å². The Labute approximate surface area is 122 Å². The lowest BCUT2D eigenvalue weighted by Gasteiger charge is -2.22. The summed E-state index contributed by atoms with van der Waals surface area (Å²) in [6, 6.07) is 9.47. The Morgan fingerprint density at radius 3 is 2.43 bits per heavy atom. The zero-order valence-corrected chi connectivity index (χ0v) is 12.1. The molecule has 0 spiro atoms. The van der Waals surface area contributed by atoms with Crippen molar-refractivity contribution in [2.24, 2.45) is 0 Å². The molecule has 2 aromatic rings. The number of rotatable bonds is 5. The minimum Gasteiger partial charge on any atom is -0.480 e. The van der Waals surface area contributed by atoms with Crippen LogP contribution in [0.15, 0.2) is 53.7 Å². The van der Waals surface area contributed by atoms with E-state index in [2.05, 4.69) is 4.98 Å². The fourth-order valence-electron chi connectivity index (χ4n) is 1.78. The number of hydrogen-bond donors (Lipinski definition) is 1. The lowest BCUT2D eigenvalue weighted by atomic mass is 10.2. The summed E-state index contributed by atoms with van der Waals surface area (Å²) in [6.45, 7) is 1.21. The number of carboxylic acids is 1. The quantitative estimate of drug-likeness (QED) is 0.908. The first-order chi connectivity index (χ1) is 9.91. The normalized spacial score (nSPS) is 11.1. The average Bonchev–Trinajstić information content (AvgIpc) is 2.46. The van der Waals surface area contributed by atoms with Gasteiger partial charge in [0, 0.05) is 12.4 Å². The van der Waals surface area contributed by atoms with Gasteiger partial charge in [-0.25, -0.2) is 8.42 Å². The molecule has 0 amide bonds. The number of sulfonamides is 1. The molecule has 6 nitrogen and oxygen atoms in total. The van der Waals surface area contributed by atoms with Gasteiger partial charge >= 0.3 is 5.97 Å². The van der Waals surface area contributed by atoms with Crippen LogP contribution in [-0.4, -0.2) is 31.0 Å². The summed E-state index contributed by atoms with van der Waals surface area (Å²) < 4.78 is 26.0. The molecule has 1 aromatic heterocycles. The predicted molar refractivity (Wildman–Crippen MR) is 77.6 cm³/mol. The Bertz CT molecular complexity index is 727. The van der Waals surface area contributed by atoms with E-state index in [1.165, 1.54) is 24.5 Å². The van der Waals surface area contributed by atoms with Crippen LogP contribution in [0.2, 0.25) is 0 Å². The molecule has 7 heteroatoms. The second-order valence-electron chi connectivity index (χ2n) is 4.43. The van der Waals surface area contributed by atoms with E-state index in [1.807, 2.05) is 6.92 Å². The van der Waals surface area contributed by atoms with Gasteiger partial charge in [0.05, 0.1) is 5.69 Å². The third-order valence-electron chi connectivity index (χ3n) is 2.82. The van der Waals surface area contributed by atoms with Crippen molar-refractivity contribution in [1.29, 1.82) is 0 Å². The lowest BCUT2D eigenvalue weighted by Crippen LogP contribution is -2.35. The van der Waals surface area contributed by atoms with Gasteiger partial charge < -0.3 is 5.11 Å². The number of benzene rings is 1. The van der Waals surface area contributed by atoms with Gasteiger partial charge in [-0.2, -0.15) is 0 Å². The molecule has 0 radical (unpaired) electrons. The van der Waals surface area contributed by atoms with Crippen LogP contribution >= 0.6 is 0 Å². The van der Waals surface area contributed by atoms with Crippen LogP contribution in [-0.2, 0) is 14.8 Å². The highest BCUT2D eigenvalue weighted by Crippen LogP contribution is 2.23. The molecule has 1 heterocycles. The molecule has 0 aliphatic rings. The minimum absolute atomic E-state index is 0.0492. The molecular weight excluding hydrogens is 292 g/mol. The van der Waals surface area contributed by atoms with Gasteiger partial charge in [-0.1, -0.05) is 17.7 Å². The number of aliphatic carboxylic acids is 1. The molecule has 0 unspecified atom stereocenters. The first-order valence-corrected chi connectivity index (χ1v) is 7.56. The van der Waals surface area contributed by atoms with E-state index in [1.54, 1.807) is 24.3 Å². The van der Waals surface area contributed by atoms with Crippen LogP contribution in [0.1, 0.15) is 5.56 Å². The highest BCUT2D eigenvalue weighted by Gasteiger charge is 2.27. The minimum atomic E-state index is -3.97. The van der Waals surface area contributed by atoms with Gasteiger partial charge in [-0.15, -0.1) is 0 Å². The summed E-state index contributed by atoms with van der Waals surface area (Å²) in [5.74, 6) is -1.23. The van der Waals surface area contributed by atoms with Crippen molar-refractivity contribution in [3.63, 3.8) is 0 Å². The van der Waals surface area contributed by atoms with Crippen LogP contribution in [0.3, 0.4) is 0 Å². The average molecular weight is 306 g/mol. The highest BCUT2D eigenvalue weighted by molar-refractivity contribution is 7.92. The predicted octanol–water partition coefficient (Wildman–Crippen LogP) is 1.67. The molecule has 21 heavy (non-hydrogen) atoms. The third-order valence-corrected chi connectivity index (χ3v) is 4.58. The molecule has 1 aromatic carbocycles. The van der Waals surface area contributed by atoms with Crippen LogP contribution in [0.25, 0.3) is 0 Å². The topological polar surface area (TPSA) is 87.6 Å². The Kier molecular flexibility index (Phi) is 4.23. The second-order valence-corrected chi connectivity index (χ2v) is 6.29. The van der Waals surface area contributed by atoms with Crippen molar-refractivity contribution >= 4 is 21.7 Å². The van der Waals surface area contributed by atoms with E-state index in [-0.39, 0.29) is 4.90 Å². The standard InChI is InChI=1S/C14H14N2O4S/c1-11-4-6-12(7-5-11)16(10-14(17)18)21(19,20)13-3-2-8-15-9-13/h2-9H,10H2,1H3,(H,17,18). The smallest absolute Gasteiger partial charge is 0.324 e. The van der Waals surface area contributed by atoms with Gasteiger partial charge in [0.2, 0.25) is 0 Å².